The summed E-state index contributed by atoms with van der Waals surface area (Å²) in [6.07, 6.45) is 1.84. The number of aryl methyl sites for hydroxylation is 2. The zero-order valence-corrected chi connectivity index (χ0v) is 32.6. The van der Waals surface area contributed by atoms with Crippen LogP contribution in [0.2, 0.25) is 0 Å². The maximum absolute atomic E-state index is 2.54. The number of benzene rings is 10. The Balaban J connectivity index is 1.11. The summed E-state index contributed by atoms with van der Waals surface area (Å²) in [4.78, 5) is 5.08. The lowest BCUT2D eigenvalue weighted by Crippen LogP contribution is -2.14. The fourth-order valence-corrected chi connectivity index (χ4v) is 10.3. The van der Waals surface area contributed by atoms with Crippen LogP contribution in [0.15, 0.2) is 182 Å². The second-order valence-electron chi connectivity index (χ2n) is 16.1. The molecule has 0 unspecified atom stereocenters. The van der Waals surface area contributed by atoms with Crippen molar-refractivity contribution in [3.8, 4) is 22.3 Å². The first-order valence-electron chi connectivity index (χ1n) is 20.4. The Kier molecular flexibility index (Phi) is 7.22. The summed E-state index contributed by atoms with van der Waals surface area (Å²) in [6, 6.07) is 68.0. The summed E-state index contributed by atoms with van der Waals surface area (Å²) >= 11 is 0. The van der Waals surface area contributed by atoms with Gasteiger partial charge in [-0.05, 0) is 127 Å². The molecule has 274 valence electrons. The molecule has 2 nitrogen and oxygen atoms in total. The molecule has 2 aliphatic rings. The highest BCUT2D eigenvalue weighted by Gasteiger charge is 2.29. The molecule has 0 N–H and O–H groups in total. The van der Waals surface area contributed by atoms with E-state index in [0.717, 1.165) is 12.8 Å². The van der Waals surface area contributed by atoms with Crippen LogP contribution in [0, 0.1) is 13.8 Å². The molecular weight excluding hydrogens is 701 g/mol. The minimum Gasteiger partial charge on any atom is -0.309 e. The van der Waals surface area contributed by atoms with Gasteiger partial charge in [0.1, 0.15) is 0 Å². The third kappa shape index (κ3) is 4.79. The van der Waals surface area contributed by atoms with E-state index in [2.05, 4.69) is 206 Å². The van der Waals surface area contributed by atoms with Crippen LogP contribution in [-0.4, -0.2) is 0 Å². The molecule has 0 saturated carbocycles. The van der Waals surface area contributed by atoms with Crippen LogP contribution in [0.5, 0.6) is 0 Å². The summed E-state index contributed by atoms with van der Waals surface area (Å²) in [5, 5.41) is 7.62. The van der Waals surface area contributed by atoms with Gasteiger partial charge in [0.15, 0.2) is 0 Å². The van der Waals surface area contributed by atoms with Gasteiger partial charge in [-0.15, -0.1) is 0 Å². The van der Waals surface area contributed by atoms with Crippen molar-refractivity contribution in [2.75, 3.05) is 9.80 Å². The van der Waals surface area contributed by atoms with E-state index in [9.17, 15) is 0 Å². The highest BCUT2D eigenvalue weighted by Crippen LogP contribution is 2.52. The first-order chi connectivity index (χ1) is 28.6. The van der Waals surface area contributed by atoms with E-state index < -0.39 is 0 Å². The van der Waals surface area contributed by atoms with Crippen LogP contribution in [0.4, 0.5) is 34.1 Å². The summed E-state index contributed by atoms with van der Waals surface area (Å²) in [5.74, 6) is 0. The van der Waals surface area contributed by atoms with E-state index in [1.807, 2.05) is 0 Å². The van der Waals surface area contributed by atoms with E-state index in [4.69, 9.17) is 0 Å². The lowest BCUT2D eigenvalue weighted by atomic mass is 9.91. The number of rotatable bonds is 6. The molecule has 2 heteroatoms. The van der Waals surface area contributed by atoms with E-state index in [1.165, 1.54) is 122 Å². The monoisotopic (exact) mass is 740 g/mol. The number of nitrogens with zero attached hydrogens (tertiary/aromatic N) is 2. The van der Waals surface area contributed by atoms with Crippen molar-refractivity contribution < 1.29 is 0 Å². The third-order valence-electron chi connectivity index (χ3n) is 12.9. The normalized spacial score (nSPS) is 12.5. The molecule has 0 amide bonds. The summed E-state index contributed by atoms with van der Waals surface area (Å²) in [5.41, 5.74) is 20.7. The fourth-order valence-electron chi connectivity index (χ4n) is 10.3. The summed E-state index contributed by atoms with van der Waals surface area (Å²) in [7, 11) is 0. The van der Waals surface area contributed by atoms with Gasteiger partial charge in [-0.2, -0.15) is 0 Å². The van der Waals surface area contributed by atoms with Crippen LogP contribution >= 0.6 is 0 Å². The Labute approximate surface area is 339 Å². The SMILES string of the molecule is Cc1ccccc1N(c1cccc2c1Cc1ccccc1-2)c1ccc2ccc3c(N(c4ccccc4C)c4cccc5c4Cc4ccccc4-5)ccc4ccc1c2c43. The third-order valence-corrected chi connectivity index (χ3v) is 12.9. The maximum Gasteiger partial charge on any atom is 0.0540 e. The van der Waals surface area contributed by atoms with E-state index in [0.29, 0.717) is 0 Å². The topological polar surface area (TPSA) is 6.48 Å². The van der Waals surface area contributed by atoms with E-state index in [1.54, 1.807) is 0 Å². The largest absolute Gasteiger partial charge is 0.309 e. The van der Waals surface area contributed by atoms with Crippen LogP contribution in [0.1, 0.15) is 33.4 Å². The van der Waals surface area contributed by atoms with Crippen LogP contribution in [-0.2, 0) is 12.8 Å². The van der Waals surface area contributed by atoms with Crippen molar-refractivity contribution >= 4 is 66.4 Å². The van der Waals surface area contributed by atoms with Gasteiger partial charge in [-0.1, -0.05) is 146 Å². The quantitative estimate of drug-likeness (QED) is 0.157. The highest BCUT2D eigenvalue weighted by atomic mass is 15.2. The van der Waals surface area contributed by atoms with Gasteiger partial charge in [0.2, 0.25) is 0 Å². The number of para-hydroxylation sites is 2. The van der Waals surface area contributed by atoms with Crippen molar-refractivity contribution in [3.05, 3.63) is 215 Å². The molecular formula is C56H40N2. The van der Waals surface area contributed by atoms with Crippen molar-refractivity contribution in [1.82, 2.24) is 0 Å². The molecule has 0 radical (unpaired) electrons. The molecule has 0 atom stereocenters. The van der Waals surface area contributed by atoms with Gasteiger partial charge in [-0.25, -0.2) is 0 Å². The average molecular weight is 741 g/mol. The highest BCUT2D eigenvalue weighted by molar-refractivity contribution is 6.28. The minimum atomic E-state index is 0.919. The molecule has 0 fully saturated rings. The Bertz CT molecular complexity index is 3060. The second-order valence-corrected chi connectivity index (χ2v) is 16.1. The predicted molar refractivity (Wildman–Crippen MR) is 245 cm³/mol. The molecule has 10 aromatic carbocycles. The van der Waals surface area contributed by atoms with Gasteiger partial charge in [0.25, 0.3) is 0 Å². The molecule has 0 spiro atoms. The number of hydrogen-bond acceptors (Lipinski definition) is 2. The molecule has 0 aliphatic heterocycles. The zero-order valence-electron chi connectivity index (χ0n) is 32.6. The molecule has 12 rings (SSSR count). The molecule has 0 saturated heterocycles. The van der Waals surface area contributed by atoms with Gasteiger partial charge in [-0.3, -0.25) is 0 Å². The van der Waals surface area contributed by atoms with Crippen molar-refractivity contribution in [2.45, 2.75) is 26.7 Å². The Morgan fingerprint density at radius 1 is 0.310 bits per heavy atom. The Morgan fingerprint density at radius 2 is 0.690 bits per heavy atom. The predicted octanol–water partition coefficient (Wildman–Crippen LogP) is 15.3. The van der Waals surface area contributed by atoms with Crippen LogP contribution < -0.4 is 9.80 Å². The Morgan fingerprint density at radius 3 is 1.16 bits per heavy atom. The minimum absolute atomic E-state index is 0.919. The number of anilines is 6. The molecule has 0 heterocycles. The zero-order chi connectivity index (χ0) is 38.5. The molecule has 0 bridgehead atoms. The number of fused-ring (bicyclic) bond motifs is 6. The standard InChI is InChI=1S/C56H40N2/c1-35-13-3-9-21-49(35)57(51-23-11-19-43-41-17-7-5-15-39(41)33-47(43)51)53-31-27-37-26-30-46-54(32-28-38-25-29-45(53)55(37)56(38)46)58(50-22-10-4-14-36(50)2)52-24-12-20-44-42-18-8-6-16-40(42)34-48(44)52/h3-32H,33-34H2,1-2H3. The lowest BCUT2D eigenvalue weighted by Gasteiger charge is -2.32. The summed E-state index contributed by atoms with van der Waals surface area (Å²) < 4.78 is 0. The lowest BCUT2D eigenvalue weighted by molar-refractivity contribution is 1.19. The molecule has 58 heavy (non-hydrogen) atoms. The van der Waals surface area contributed by atoms with Crippen molar-refractivity contribution in [3.63, 3.8) is 0 Å². The van der Waals surface area contributed by atoms with Crippen LogP contribution in [0.25, 0.3) is 54.6 Å². The van der Waals surface area contributed by atoms with Crippen molar-refractivity contribution in [1.29, 1.82) is 0 Å². The first-order valence-corrected chi connectivity index (χ1v) is 20.4. The number of hydrogen-bond donors (Lipinski definition) is 0. The van der Waals surface area contributed by atoms with Gasteiger partial charge >= 0.3 is 0 Å². The van der Waals surface area contributed by atoms with Gasteiger partial charge < -0.3 is 9.80 Å². The maximum atomic E-state index is 2.54. The fraction of sp³-hybridized carbons (Fsp3) is 0.0714. The average Bonchev–Trinajstić information content (AvgIpc) is 3.85. The second kappa shape index (κ2) is 12.7. The molecule has 0 aromatic heterocycles. The molecule has 10 aromatic rings. The summed E-state index contributed by atoms with van der Waals surface area (Å²) in [6.45, 7) is 4.48. The van der Waals surface area contributed by atoms with Gasteiger partial charge in [0.05, 0.1) is 22.7 Å². The smallest absolute Gasteiger partial charge is 0.0540 e. The van der Waals surface area contributed by atoms with E-state index >= 15 is 0 Å². The van der Waals surface area contributed by atoms with Crippen LogP contribution in [0.3, 0.4) is 0 Å². The Hall–Kier alpha value is -7.16. The molecule has 2 aliphatic carbocycles. The van der Waals surface area contributed by atoms with Gasteiger partial charge in [0, 0.05) is 35.0 Å². The van der Waals surface area contributed by atoms with E-state index in [-0.39, 0.29) is 0 Å². The first kappa shape index (κ1) is 33.0. The van der Waals surface area contributed by atoms with Crippen molar-refractivity contribution in [2.24, 2.45) is 0 Å².